The summed E-state index contributed by atoms with van der Waals surface area (Å²) in [6.07, 6.45) is -3.18. The zero-order valence-electron chi connectivity index (χ0n) is 12.4. The number of rotatable bonds is 3. The van der Waals surface area contributed by atoms with Crippen LogP contribution in [0.25, 0.3) is 10.9 Å². The standard InChI is InChI=1S/C17H10ClF3N2O2/c18-10-4-5-12-13(8-22-14(12)7-10)15(24)16(25)23-11-3-1-2-9(6-11)17(19,20)21/h1-8,22H,(H,23,25). The molecule has 2 N–H and O–H groups in total. The molecular weight excluding hydrogens is 357 g/mol. The van der Waals surface area contributed by atoms with Gasteiger partial charge in [0.15, 0.2) is 0 Å². The lowest BCUT2D eigenvalue weighted by Gasteiger charge is -2.09. The van der Waals surface area contributed by atoms with Crippen LogP contribution in [0, 0.1) is 0 Å². The lowest BCUT2D eigenvalue weighted by atomic mass is 10.1. The number of alkyl halides is 3. The number of carbonyl (C=O) groups excluding carboxylic acids is 2. The number of carbonyl (C=O) groups is 2. The molecule has 1 amide bonds. The number of aromatic nitrogens is 1. The average molecular weight is 367 g/mol. The Morgan fingerprint density at radius 1 is 1.08 bits per heavy atom. The minimum absolute atomic E-state index is 0.108. The van der Waals surface area contributed by atoms with Crippen molar-refractivity contribution in [3.05, 3.63) is 64.8 Å². The van der Waals surface area contributed by atoms with Gasteiger partial charge in [-0.1, -0.05) is 23.7 Å². The van der Waals surface area contributed by atoms with Crippen molar-refractivity contribution in [3.63, 3.8) is 0 Å². The topological polar surface area (TPSA) is 62.0 Å². The smallest absolute Gasteiger partial charge is 0.360 e. The third-order valence-electron chi connectivity index (χ3n) is 3.54. The summed E-state index contributed by atoms with van der Waals surface area (Å²) in [5.41, 5.74) is -0.352. The van der Waals surface area contributed by atoms with Gasteiger partial charge in [-0.15, -0.1) is 0 Å². The number of halogens is 4. The predicted octanol–water partition coefficient (Wildman–Crippen LogP) is 4.66. The van der Waals surface area contributed by atoms with Crippen molar-refractivity contribution in [3.8, 4) is 0 Å². The molecule has 0 aliphatic carbocycles. The molecule has 1 heterocycles. The number of hydrogen-bond donors (Lipinski definition) is 2. The van der Waals surface area contributed by atoms with Crippen molar-refractivity contribution in [1.82, 2.24) is 4.98 Å². The summed E-state index contributed by atoms with van der Waals surface area (Å²) in [7, 11) is 0. The summed E-state index contributed by atoms with van der Waals surface area (Å²) in [6, 6.07) is 8.81. The van der Waals surface area contributed by atoms with E-state index >= 15 is 0 Å². The van der Waals surface area contributed by atoms with Crippen LogP contribution in [0.15, 0.2) is 48.7 Å². The third kappa shape index (κ3) is 3.51. The molecule has 0 bridgehead atoms. The van der Waals surface area contributed by atoms with Gasteiger partial charge in [-0.3, -0.25) is 9.59 Å². The number of anilines is 1. The number of amides is 1. The Hall–Kier alpha value is -2.80. The molecule has 0 saturated heterocycles. The molecule has 25 heavy (non-hydrogen) atoms. The van der Waals surface area contributed by atoms with Crippen LogP contribution in [0.2, 0.25) is 5.02 Å². The normalized spacial score (nSPS) is 11.5. The van der Waals surface area contributed by atoms with Crippen molar-refractivity contribution in [2.45, 2.75) is 6.18 Å². The molecule has 0 spiro atoms. The fourth-order valence-corrected chi connectivity index (χ4v) is 2.54. The number of hydrogen-bond acceptors (Lipinski definition) is 2. The number of fused-ring (bicyclic) bond motifs is 1. The van der Waals surface area contributed by atoms with Crippen LogP contribution >= 0.6 is 11.6 Å². The third-order valence-corrected chi connectivity index (χ3v) is 3.78. The molecule has 8 heteroatoms. The quantitative estimate of drug-likeness (QED) is 0.523. The highest BCUT2D eigenvalue weighted by atomic mass is 35.5. The van der Waals surface area contributed by atoms with Gasteiger partial charge in [-0.25, -0.2) is 0 Å². The predicted molar refractivity (Wildman–Crippen MR) is 87.7 cm³/mol. The summed E-state index contributed by atoms with van der Waals surface area (Å²) in [6.45, 7) is 0. The number of H-pyrrole nitrogens is 1. The summed E-state index contributed by atoms with van der Waals surface area (Å²) in [5.74, 6) is -1.90. The van der Waals surface area contributed by atoms with Crippen LogP contribution in [0.5, 0.6) is 0 Å². The first-order valence-electron chi connectivity index (χ1n) is 7.05. The zero-order valence-corrected chi connectivity index (χ0v) is 13.2. The molecular formula is C17H10ClF3N2O2. The highest BCUT2D eigenvalue weighted by Crippen LogP contribution is 2.30. The summed E-state index contributed by atoms with van der Waals surface area (Å²) in [4.78, 5) is 27.2. The van der Waals surface area contributed by atoms with E-state index in [0.29, 0.717) is 15.9 Å². The maximum absolute atomic E-state index is 12.7. The van der Waals surface area contributed by atoms with Gasteiger partial charge in [-0.2, -0.15) is 13.2 Å². The Labute approximate surface area is 144 Å². The maximum Gasteiger partial charge on any atom is 0.416 e. The number of nitrogens with one attached hydrogen (secondary N) is 2. The van der Waals surface area contributed by atoms with Gasteiger partial charge in [0.2, 0.25) is 0 Å². The van der Waals surface area contributed by atoms with E-state index in [9.17, 15) is 22.8 Å². The van der Waals surface area contributed by atoms with Gasteiger partial charge in [0, 0.05) is 27.8 Å². The van der Waals surface area contributed by atoms with Crippen LogP contribution in [-0.2, 0) is 11.0 Å². The fraction of sp³-hybridized carbons (Fsp3) is 0.0588. The average Bonchev–Trinajstić information content (AvgIpc) is 2.96. The molecule has 0 aliphatic rings. The SMILES string of the molecule is O=C(Nc1cccc(C(F)(F)F)c1)C(=O)c1c[nH]c2cc(Cl)ccc12. The zero-order chi connectivity index (χ0) is 18.2. The Morgan fingerprint density at radius 2 is 1.84 bits per heavy atom. The van der Waals surface area contributed by atoms with Crippen molar-refractivity contribution < 1.29 is 22.8 Å². The van der Waals surface area contributed by atoms with Gasteiger partial charge in [0.05, 0.1) is 11.1 Å². The molecule has 1 aromatic heterocycles. The van der Waals surface area contributed by atoms with E-state index in [2.05, 4.69) is 10.3 Å². The van der Waals surface area contributed by atoms with E-state index in [0.717, 1.165) is 18.2 Å². The number of Topliss-reactive ketones (excluding diaryl/α,β-unsaturated/α-hetero) is 1. The molecule has 2 aromatic carbocycles. The molecule has 128 valence electrons. The minimum atomic E-state index is -4.54. The largest absolute Gasteiger partial charge is 0.416 e. The van der Waals surface area contributed by atoms with E-state index in [4.69, 9.17) is 11.6 Å². The van der Waals surface area contributed by atoms with Crippen LogP contribution in [0.4, 0.5) is 18.9 Å². The van der Waals surface area contributed by atoms with Gasteiger partial charge >= 0.3 is 6.18 Å². The molecule has 4 nitrogen and oxygen atoms in total. The highest BCUT2D eigenvalue weighted by Gasteiger charge is 2.30. The van der Waals surface area contributed by atoms with Crippen LogP contribution in [0.1, 0.15) is 15.9 Å². The molecule has 0 saturated carbocycles. The fourth-order valence-electron chi connectivity index (χ4n) is 2.37. The second-order valence-corrected chi connectivity index (χ2v) is 5.69. The molecule has 3 aromatic rings. The first kappa shape index (κ1) is 17.0. The van der Waals surface area contributed by atoms with Gasteiger partial charge in [-0.05, 0) is 30.3 Å². The van der Waals surface area contributed by atoms with Crippen molar-refractivity contribution >= 4 is 39.9 Å². The van der Waals surface area contributed by atoms with Crippen molar-refractivity contribution in [2.24, 2.45) is 0 Å². The lowest BCUT2D eigenvalue weighted by Crippen LogP contribution is -2.23. The number of benzene rings is 2. The second-order valence-electron chi connectivity index (χ2n) is 5.25. The van der Waals surface area contributed by atoms with Crippen LogP contribution in [-0.4, -0.2) is 16.7 Å². The van der Waals surface area contributed by atoms with E-state index < -0.39 is 23.4 Å². The Kier molecular flexibility index (Phi) is 4.26. The summed E-state index contributed by atoms with van der Waals surface area (Å²) in [5, 5.41) is 3.14. The first-order chi connectivity index (χ1) is 11.8. The highest BCUT2D eigenvalue weighted by molar-refractivity contribution is 6.48. The Bertz CT molecular complexity index is 979. The van der Waals surface area contributed by atoms with E-state index in [1.807, 2.05) is 0 Å². The Balaban J connectivity index is 1.84. The number of aromatic amines is 1. The molecule has 0 radical (unpaired) electrons. The van der Waals surface area contributed by atoms with Gasteiger partial charge < -0.3 is 10.3 Å². The van der Waals surface area contributed by atoms with E-state index in [1.54, 1.807) is 18.2 Å². The summed E-state index contributed by atoms with van der Waals surface area (Å²) < 4.78 is 38.1. The van der Waals surface area contributed by atoms with Crippen LogP contribution in [0.3, 0.4) is 0 Å². The van der Waals surface area contributed by atoms with Gasteiger partial charge in [0.25, 0.3) is 11.7 Å². The molecule has 3 rings (SSSR count). The van der Waals surface area contributed by atoms with E-state index in [1.165, 1.54) is 12.3 Å². The minimum Gasteiger partial charge on any atom is -0.360 e. The molecule has 0 unspecified atom stereocenters. The first-order valence-corrected chi connectivity index (χ1v) is 7.43. The number of ketones is 1. The molecule has 0 fully saturated rings. The maximum atomic E-state index is 12.7. The van der Waals surface area contributed by atoms with Crippen LogP contribution < -0.4 is 5.32 Å². The second kappa shape index (κ2) is 6.25. The lowest BCUT2D eigenvalue weighted by molar-refractivity contribution is -0.137. The molecule has 0 aliphatic heterocycles. The van der Waals surface area contributed by atoms with Crippen molar-refractivity contribution in [2.75, 3.05) is 5.32 Å². The van der Waals surface area contributed by atoms with Crippen molar-refractivity contribution in [1.29, 1.82) is 0 Å². The monoisotopic (exact) mass is 366 g/mol. The summed E-state index contributed by atoms with van der Waals surface area (Å²) >= 11 is 5.85. The Morgan fingerprint density at radius 3 is 2.56 bits per heavy atom. The van der Waals surface area contributed by atoms with E-state index in [-0.39, 0.29) is 11.3 Å². The molecule has 0 atom stereocenters. The van der Waals surface area contributed by atoms with Gasteiger partial charge in [0.1, 0.15) is 0 Å².